The minimum atomic E-state index is -0.745. The van der Waals surface area contributed by atoms with E-state index in [1.807, 2.05) is 0 Å². The van der Waals surface area contributed by atoms with E-state index < -0.39 is 17.7 Å². The summed E-state index contributed by atoms with van der Waals surface area (Å²) in [6.45, 7) is 0. The van der Waals surface area contributed by atoms with Gasteiger partial charge >= 0.3 is 6.09 Å². The first-order valence-electron chi connectivity index (χ1n) is 6.92. The van der Waals surface area contributed by atoms with Gasteiger partial charge in [0.2, 0.25) is 5.95 Å². The smallest absolute Gasteiger partial charge is 0.410 e. The van der Waals surface area contributed by atoms with E-state index in [4.69, 9.17) is 4.74 Å². The molecule has 0 spiro atoms. The first-order valence-corrected chi connectivity index (χ1v) is 6.92. The number of rotatable bonds is 3. The fourth-order valence-corrected chi connectivity index (χ4v) is 1.97. The van der Waals surface area contributed by atoms with E-state index in [0.29, 0.717) is 16.9 Å². The molecule has 24 heavy (non-hydrogen) atoms. The highest BCUT2D eigenvalue weighted by atomic mass is 19.1. The van der Waals surface area contributed by atoms with Crippen LogP contribution in [0.4, 0.5) is 19.5 Å². The fourth-order valence-electron chi connectivity index (χ4n) is 1.97. The minimum Gasteiger partial charge on any atom is -0.410 e. The zero-order valence-corrected chi connectivity index (χ0v) is 12.2. The summed E-state index contributed by atoms with van der Waals surface area (Å²) in [6.07, 6.45) is 1.95. The Morgan fingerprint density at radius 2 is 1.54 bits per heavy atom. The van der Waals surface area contributed by atoms with E-state index >= 15 is 0 Å². The number of anilines is 1. The van der Waals surface area contributed by atoms with E-state index in [1.165, 1.54) is 24.5 Å². The molecule has 0 bridgehead atoms. The van der Waals surface area contributed by atoms with Gasteiger partial charge in [-0.25, -0.2) is 23.5 Å². The molecule has 1 amide bonds. The van der Waals surface area contributed by atoms with Gasteiger partial charge in [-0.2, -0.15) is 0 Å². The SMILES string of the molecule is O=C(Nc1ncc(-c2cc(F)cc(F)c2)cn1)Oc1ccccc1. The van der Waals surface area contributed by atoms with Gasteiger partial charge in [-0.1, -0.05) is 18.2 Å². The number of hydrogen-bond acceptors (Lipinski definition) is 4. The number of para-hydroxylation sites is 1. The van der Waals surface area contributed by atoms with Crippen molar-refractivity contribution in [3.63, 3.8) is 0 Å². The van der Waals surface area contributed by atoms with Crippen LogP contribution in [0.2, 0.25) is 0 Å². The third kappa shape index (κ3) is 3.89. The van der Waals surface area contributed by atoms with Crippen LogP contribution in [-0.4, -0.2) is 16.1 Å². The summed E-state index contributed by atoms with van der Waals surface area (Å²) in [7, 11) is 0. The lowest BCUT2D eigenvalue weighted by Crippen LogP contribution is -2.18. The van der Waals surface area contributed by atoms with Crippen molar-refractivity contribution in [2.24, 2.45) is 0 Å². The third-order valence-corrected chi connectivity index (χ3v) is 3.02. The van der Waals surface area contributed by atoms with E-state index in [9.17, 15) is 13.6 Å². The maximum absolute atomic E-state index is 13.2. The number of carbonyl (C=O) groups excluding carboxylic acids is 1. The Morgan fingerprint density at radius 3 is 2.17 bits per heavy atom. The van der Waals surface area contributed by atoms with Crippen LogP contribution in [0.5, 0.6) is 5.75 Å². The molecule has 1 heterocycles. The largest absolute Gasteiger partial charge is 0.419 e. The maximum Gasteiger partial charge on any atom is 0.419 e. The van der Waals surface area contributed by atoms with Crippen molar-refractivity contribution >= 4 is 12.0 Å². The number of aromatic nitrogens is 2. The van der Waals surface area contributed by atoms with E-state index in [-0.39, 0.29) is 5.95 Å². The summed E-state index contributed by atoms with van der Waals surface area (Å²) < 4.78 is 31.5. The molecule has 5 nitrogen and oxygen atoms in total. The van der Waals surface area contributed by atoms with Crippen LogP contribution >= 0.6 is 0 Å². The standard InChI is InChI=1S/C17H11F2N3O2/c18-13-6-11(7-14(19)8-13)12-9-20-16(21-10-12)22-17(23)24-15-4-2-1-3-5-15/h1-10H,(H,20,21,22,23). The second kappa shape index (κ2) is 6.82. The zero-order chi connectivity index (χ0) is 16.9. The molecule has 0 unspecified atom stereocenters. The molecule has 3 rings (SSSR count). The molecule has 0 atom stereocenters. The van der Waals surface area contributed by atoms with Gasteiger partial charge < -0.3 is 4.74 Å². The Bertz CT molecular complexity index is 835. The van der Waals surface area contributed by atoms with Gasteiger partial charge in [0.25, 0.3) is 0 Å². The van der Waals surface area contributed by atoms with E-state index in [2.05, 4.69) is 15.3 Å². The minimum absolute atomic E-state index is 0.0107. The Morgan fingerprint density at radius 1 is 0.917 bits per heavy atom. The summed E-state index contributed by atoms with van der Waals surface area (Å²) in [4.78, 5) is 19.6. The second-order valence-corrected chi connectivity index (χ2v) is 4.78. The molecule has 3 aromatic rings. The molecule has 7 heteroatoms. The lowest BCUT2D eigenvalue weighted by molar-refractivity contribution is 0.215. The number of nitrogens with one attached hydrogen (secondary N) is 1. The van der Waals surface area contributed by atoms with Crippen LogP contribution < -0.4 is 10.1 Å². The normalized spacial score (nSPS) is 10.2. The molecule has 0 saturated heterocycles. The maximum atomic E-state index is 13.2. The first-order chi connectivity index (χ1) is 11.6. The molecular formula is C17H11F2N3O2. The van der Waals surface area contributed by atoms with Crippen molar-refractivity contribution in [3.8, 4) is 16.9 Å². The predicted octanol–water partition coefficient (Wildman–Crippen LogP) is 4.03. The molecule has 2 aromatic carbocycles. The Hall–Kier alpha value is -3.35. The summed E-state index contributed by atoms with van der Waals surface area (Å²) in [6, 6.07) is 11.6. The quantitative estimate of drug-likeness (QED) is 0.789. The number of ether oxygens (including phenoxy) is 1. The van der Waals surface area contributed by atoms with Gasteiger partial charge in [-0.15, -0.1) is 0 Å². The molecular weight excluding hydrogens is 316 g/mol. The number of benzene rings is 2. The van der Waals surface area contributed by atoms with Crippen molar-refractivity contribution in [3.05, 3.63) is 72.6 Å². The number of halogens is 2. The van der Waals surface area contributed by atoms with Crippen LogP contribution in [-0.2, 0) is 0 Å². The Balaban J connectivity index is 1.69. The van der Waals surface area contributed by atoms with Crippen LogP contribution in [0, 0.1) is 11.6 Å². The summed E-state index contributed by atoms with van der Waals surface area (Å²) in [5.74, 6) is -1.00. The van der Waals surface area contributed by atoms with Gasteiger partial charge in [-0.05, 0) is 29.8 Å². The van der Waals surface area contributed by atoms with Crippen molar-refractivity contribution < 1.29 is 18.3 Å². The molecule has 120 valence electrons. The predicted molar refractivity (Wildman–Crippen MR) is 83.5 cm³/mol. The third-order valence-electron chi connectivity index (χ3n) is 3.02. The van der Waals surface area contributed by atoms with Crippen LogP contribution in [0.1, 0.15) is 0 Å². The molecule has 1 aromatic heterocycles. The van der Waals surface area contributed by atoms with Gasteiger partial charge in [0.15, 0.2) is 0 Å². The molecule has 1 N–H and O–H groups in total. The highest BCUT2D eigenvalue weighted by molar-refractivity contribution is 5.84. The fraction of sp³-hybridized carbons (Fsp3) is 0. The topological polar surface area (TPSA) is 64.1 Å². The number of hydrogen-bond donors (Lipinski definition) is 1. The monoisotopic (exact) mass is 327 g/mol. The summed E-state index contributed by atoms with van der Waals surface area (Å²) >= 11 is 0. The number of amides is 1. The first kappa shape index (κ1) is 15.5. The number of carbonyl (C=O) groups is 1. The van der Waals surface area contributed by atoms with Crippen LogP contribution in [0.25, 0.3) is 11.1 Å². The molecule has 0 saturated carbocycles. The van der Waals surface area contributed by atoms with Gasteiger partial charge in [0.1, 0.15) is 17.4 Å². The average Bonchev–Trinajstić information content (AvgIpc) is 2.55. The lowest BCUT2D eigenvalue weighted by atomic mass is 10.1. The zero-order valence-electron chi connectivity index (χ0n) is 12.2. The van der Waals surface area contributed by atoms with Gasteiger partial charge in [0.05, 0.1) is 0 Å². The highest BCUT2D eigenvalue weighted by Crippen LogP contribution is 2.20. The summed E-state index contributed by atoms with van der Waals surface area (Å²) in [5, 5.41) is 2.36. The van der Waals surface area contributed by atoms with Crippen molar-refractivity contribution in [2.75, 3.05) is 5.32 Å². The summed E-state index contributed by atoms with van der Waals surface area (Å²) in [5.41, 5.74) is 0.710. The van der Waals surface area contributed by atoms with Crippen LogP contribution in [0.15, 0.2) is 60.9 Å². The molecule has 0 fully saturated rings. The lowest BCUT2D eigenvalue weighted by Gasteiger charge is -2.06. The molecule has 0 aliphatic heterocycles. The highest BCUT2D eigenvalue weighted by Gasteiger charge is 2.08. The molecule has 0 radical (unpaired) electrons. The van der Waals surface area contributed by atoms with Crippen molar-refractivity contribution in [1.29, 1.82) is 0 Å². The van der Waals surface area contributed by atoms with Gasteiger partial charge in [0, 0.05) is 24.0 Å². The molecule has 0 aliphatic carbocycles. The van der Waals surface area contributed by atoms with E-state index in [1.54, 1.807) is 30.3 Å². The average molecular weight is 327 g/mol. The van der Waals surface area contributed by atoms with Crippen molar-refractivity contribution in [1.82, 2.24) is 9.97 Å². The van der Waals surface area contributed by atoms with E-state index in [0.717, 1.165) is 6.07 Å². The Kier molecular flexibility index (Phi) is 4.42. The van der Waals surface area contributed by atoms with Gasteiger partial charge in [-0.3, -0.25) is 5.32 Å². The second-order valence-electron chi connectivity index (χ2n) is 4.78. The Labute approximate surface area is 136 Å². The van der Waals surface area contributed by atoms with Crippen LogP contribution in [0.3, 0.4) is 0 Å². The number of nitrogens with zero attached hydrogens (tertiary/aromatic N) is 2. The van der Waals surface area contributed by atoms with Crippen molar-refractivity contribution in [2.45, 2.75) is 0 Å². The molecule has 0 aliphatic rings.